The summed E-state index contributed by atoms with van der Waals surface area (Å²) in [4.78, 5) is 37.9. The molecule has 208 valence electrons. The number of hydrogen-bond acceptors (Lipinski definition) is 8. The molecule has 1 saturated heterocycles. The van der Waals surface area contributed by atoms with Gasteiger partial charge >= 0.3 is 10.1 Å². The number of amides is 3. The van der Waals surface area contributed by atoms with Crippen molar-refractivity contribution in [3.05, 3.63) is 85.1 Å². The molecule has 1 fully saturated rings. The Hall–Kier alpha value is -3.03. The second kappa shape index (κ2) is 12.2. The number of ether oxygens (including phenoxy) is 1. The number of halogens is 3. The fourth-order valence-corrected chi connectivity index (χ4v) is 6.56. The molecular formula is C26H19BrCl2N2O7S2. The SMILES string of the molecule is COc1cc(/C=C2\SC(=O)N(Cc3c(Cl)cccc3Cl)C2=O)cc(Br)c1OS(=O)(=O)c1ccc(NC(C)=O)cc1. The Bertz CT molecular complexity index is 1640. The molecule has 9 nitrogen and oxygen atoms in total. The molecule has 3 aromatic carbocycles. The molecule has 0 bridgehead atoms. The summed E-state index contributed by atoms with van der Waals surface area (Å²) in [6.07, 6.45) is 1.48. The van der Waals surface area contributed by atoms with E-state index in [2.05, 4.69) is 21.2 Å². The van der Waals surface area contributed by atoms with Crippen molar-refractivity contribution in [2.45, 2.75) is 18.4 Å². The van der Waals surface area contributed by atoms with Gasteiger partial charge in [0.2, 0.25) is 5.91 Å². The average Bonchev–Trinajstić information content (AvgIpc) is 3.14. The maximum atomic E-state index is 13.0. The van der Waals surface area contributed by atoms with Crippen molar-refractivity contribution in [2.24, 2.45) is 0 Å². The van der Waals surface area contributed by atoms with Gasteiger partial charge in [-0.1, -0.05) is 29.3 Å². The summed E-state index contributed by atoms with van der Waals surface area (Å²) < 4.78 is 36.8. The predicted octanol–water partition coefficient (Wildman–Crippen LogP) is 6.73. The summed E-state index contributed by atoms with van der Waals surface area (Å²) in [6, 6.07) is 13.3. The highest BCUT2D eigenvalue weighted by molar-refractivity contribution is 9.10. The summed E-state index contributed by atoms with van der Waals surface area (Å²) in [7, 11) is -2.95. The number of benzene rings is 3. The Morgan fingerprint density at radius 2 is 1.75 bits per heavy atom. The zero-order valence-corrected chi connectivity index (χ0v) is 25.5. The summed E-state index contributed by atoms with van der Waals surface area (Å²) in [5, 5.41) is 2.72. The number of imide groups is 1. The van der Waals surface area contributed by atoms with Crippen LogP contribution in [0.1, 0.15) is 18.1 Å². The summed E-state index contributed by atoms with van der Waals surface area (Å²) in [6.45, 7) is 1.24. The lowest BCUT2D eigenvalue weighted by molar-refractivity contribution is -0.123. The van der Waals surface area contributed by atoms with E-state index in [-0.39, 0.29) is 38.2 Å². The first-order valence-electron chi connectivity index (χ1n) is 11.3. The van der Waals surface area contributed by atoms with Crippen molar-refractivity contribution in [3.8, 4) is 11.5 Å². The highest BCUT2D eigenvalue weighted by Gasteiger charge is 2.36. The topological polar surface area (TPSA) is 119 Å². The molecule has 3 amide bonds. The van der Waals surface area contributed by atoms with Gasteiger partial charge in [-0.05, 0) is 87.9 Å². The average molecular weight is 686 g/mol. The standard InChI is InChI=1S/C26H19BrCl2N2O7S2/c1-14(32)30-16-6-8-17(9-7-16)40(35,36)38-24-19(27)10-15(11-22(24)37-2)12-23-25(33)31(26(34)39-23)13-18-20(28)4-3-5-21(18)29/h3-12H,13H2,1-2H3,(H,30,32)/b23-12-. The number of nitrogens with zero attached hydrogens (tertiary/aromatic N) is 1. The second-order valence-electron chi connectivity index (χ2n) is 8.25. The number of anilines is 1. The van der Waals surface area contributed by atoms with Gasteiger partial charge in [0.05, 0.1) is 23.0 Å². The quantitative estimate of drug-likeness (QED) is 0.205. The number of carbonyl (C=O) groups excluding carboxylic acids is 3. The molecule has 3 aromatic rings. The van der Waals surface area contributed by atoms with Crippen LogP contribution in [-0.2, 0) is 26.3 Å². The molecule has 0 aromatic heterocycles. The number of nitrogens with one attached hydrogen (secondary N) is 1. The number of hydrogen-bond donors (Lipinski definition) is 1. The molecule has 40 heavy (non-hydrogen) atoms. The molecule has 0 radical (unpaired) electrons. The van der Waals surface area contributed by atoms with E-state index in [0.29, 0.717) is 26.9 Å². The van der Waals surface area contributed by atoms with Crippen LogP contribution >= 0.6 is 50.9 Å². The first-order valence-corrected chi connectivity index (χ1v) is 15.0. The molecule has 0 spiro atoms. The fourth-order valence-electron chi connectivity index (χ4n) is 3.60. The third-order valence-electron chi connectivity index (χ3n) is 5.46. The van der Waals surface area contributed by atoms with Gasteiger partial charge in [-0.3, -0.25) is 19.3 Å². The van der Waals surface area contributed by atoms with Gasteiger partial charge in [0.15, 0.2) is 11.5 Å². The van der Waals surface area contributed by atoms with Crippen LogP contribution in [0.5, 0.6) is 11.5 Å². The minimum absolute atomic E-state index is 0.0566. The van der Waals surface area contributed by atoms with E-state index in [0.717, 1.165) is 16.7 Å². The van der Waals surface area contributed by atoms with Crippen molar-refractivity contribution in [3.63, 3.8) is 0 Å². The molecule has 1 aliphatic rings. The van der Waals surface area contributed by atoms with Crippen LogP contribution in [0.25, 0.3) is 6.08 Å². The van der Waals surface area contributed by atoms with E-state index in [1.165, 1.54) is 56.5 Å². The van der Waals surface area contributed by atoms with E-state index >= 15 is 0 Å². The Kier molecular flexibility index (Phi) is 9.16. The zero-order valence-electron chi connectivity index (χ0n) is 20.7. The number of methoxy groups -OCH3 is 1. The second-order valence-corrected chi connectivity index (χ2v) is 12.5. The lowest BCUT2D eigenvalue weighted by Crippen LogP contribution is -2.27. The number of thioether (sulfide) groups is 1. The molecular weight excluding hydrogens is 667 g/mol. The van der Waals surface area contributed by atoms with Crippen LogP contribution in [0.4, 0.5) is 10.5 Å². The molecule has 1 heterocycles. The van der Waals surface area contributed by atoms with Gasteiger partial charge in [0.1, 0.15) is 4.90 Å². The maximum Gasteiger partial charge on any atom is 0.339 e. The molecule has 0 saturated carbocycles. The Labute approximate surface area is 252 Å². The summed E-state index contributed by atoms with van der Waals surface area (Å²) >= 11 is 16.5. The first kappa shape index (κ1) is 29.9. The monoisotopic (exact) mass is 684 g/mol. The number of rotatable bonds is 8. The zero-order chi connectivity index (χ0) is 29.2. The highest BCUT2D eigenvalue weighted by atomic mass is 79.9. The van der Waals surface area contributed by atoms with Crippen molar-refractivity contribution >= 4 is 89.8 Å². The smallest absolute Gasteiger partial charge is 0.339 e. The fraction of sp³-hybridized carbons (Fsp3) is 0.115. The summed E-state index contributed by atoms with van der Waals surface area (Å²) in [5.74, 6) is -0.893. The minimum Gasteiger partial charge on any atom is -0.493 e. The Balaban J connectivity index is 1.58. The van der Waals surface area contributed by atoms with Gasteiger partial charge < -0.3 is 14.2 Å². The van der Waals surface area contributed by atoms with Crippen molar-refractivity contribution in [1.29, 1.82) is 0 Å². The third-order valence-corrected chi connectivity index (χ3v) is 8.90. The van der Waals surface area contributed by atoms with Gasteiger partial charge in [-0.2, -0.15) is 8.42 Å². The van der Waals surface area contributed by atoms with E-state index in [1.807, 2.05) is 0 Å². The number of carbonyl (C=O) groups is 3. The molecule has 0 aliphatic carbocycles. The van der Waals surface area contributed by atoms with Gasteiger partial charge in [0.25, 0.3) is 11.1 Å². The van der Waals surface area contributed by atoms with Crippen molar-refractivity contribution in [2.75, 3.05) is 12.4 Å². The molecule has 4 rings (SSSR count). The van der Waals surface area contributed by atoms with Crippen LogP contribution < -0.4 is 14.2 Å². The minimum atomic E-state index is -4.28. The molecule has 14 heteroatoms. The third kappa shape index (κ3) is 6.64. The molecule has 0 unspecified atom stereocenters. The van der Waals surface area contributed by atoms with Crippen LogP contribution in [0, 0.1) is 0 Å². The van der Waals surface area contributed by atoms with Crippen LogP contribution in [0.2, 0.25) is 10.0 Å². The van der Waals surface area contributed by atoms with Crippen LogP contribution in [0.3, 0.4) is 0 Å². The van der Waals surface area contributed by atoms with Gasteiger partial charge in [-0.15, -0.1) is 0 Å². The predicted molar refractivity (Wildman–Crippen MR) is 157 cm³/mol. The van der Waals surface area contributed by atoms with Crippen LogP contribution in [-0.4, -0.2) is 37.5 Å². The van der Waals surface area contributed by atoms with Crippen molar-refractivity contribution in [1.82, 2.24) is 4.90 Å². The van der Waals surface area contributed by atoms with E-state index in [9.17, 15) is 22.8 Å². The lowest BCUT2D eigenvalue weighted by atomic mass is 10.1. The van der Waals surface area contributed by atoms with E-state index in [4.69, 9.17) is 32.1 Å². The lowest BCUT2D eigenvalue weighted by Gasteiger charge is -2.15. The maximum absolute atomic E-state index is 13.0. The normalized spacial score (nSPS) is 14.5. The highest BCUT2D eigenvalue weighted by Crippen LogP contribution is 2.41. The van der Waals surface area contributed by atoms with Gasteiger partial charge in [-0.25, -0.2) is 0 Å². The van der Waals surface area contributed by atoms with E-state index in [1.54, 1.807) is 18.2 Å². The largest absolute Gasteiger partial charge is 0.493 e. The van der Waals surface area contributed by atoms with Crippen molar-refractivity contribution < 1.29 is 31.7 Å². The summed E-state index contributed by atoms with van der Waals surface area (Å²) in [5.41, 5.74) is 1.31. The van der Waals surface area contributed by atoms with E-state index < -0.39 is 21.3 Å². The van der Waals surface area contributed by atoms with Crippen LogP contribution in [0.15, 0.2) is 68.9 Å². The Morgan fingerprint density at radius 3 is 2.35 bits per heavy atom. The van der Waals surface area contributed by atoms with Gasteiger partial charge in [0, 0.05) is 28.2 Å². The first-order chi connectivity index (χ1) is 18.9. The molecule has 1 aliphatic heterocycles. The Morgan fingerprint density at radius 1 is 1.10 bits per heavy atom. The molecule has 1 N–H and O–H groups in total. The molecule has 0 atom stereocenters.